The average Bonchev–Trinajstić information content (AvgIpc) is 2.86. The van der Waals surface area contributed by atoms with Gasteiger partial charge in [0.15, 0.2) is 0 Å². The van der Waals surface area contributed by atoms with Crippen LogP contribution in [-0.4, -0.2) is 53.5 Å². The number of piperidine rings is 1. The second kappa shape index (κ2) is 12.8. The fraction of sp³-hybridized carbons (Fsp3) is 0.429. The number of carbonyl (C=O) groups is 1. The first-order chi connectivity index (χ1) is 18.2. The molecule has 4 rings (SSSR count). The number of benzene rings is 2. The van der Waals surface area contributed by atoms with Gasteiger partial charge in [-0.1, -0.05) is 0 Å². The normalized spacial score (nSPS) is 19.0. The number of likely N-dealkylation sites (tertiary alicyclic amines) is 1. The van der Waals surface area contributed by atoms with E-state index in [4.69, 9.17) is 10.5 Å². The maximum Gasteiger partial charge on any atom is 0.303 e. The van der Waals surface area contributed by atoms with Crippen molar-refractivity contribution in [2.75, 3.05) is 32.5 Å². The van der Waals surface area contributed by atoms with Crippen LogP contribution in [0.25, 0.3) is 10.9 Å². The number of hydrogen-bond acceptors (Lipinski definition) is 6. The molecular weight excluding hydrogens is 515 g/mol. The van der Waals surface area contributed by atoms with Crippen molar-refractivity contribution in [2.45, 2.75) is 36.6 Å². The Morgan fingerprint density at radius 2 is 1.97 bits per heavy atom. The van der Waals surface area contributed by atoms with Crippen molar-refractivity contribution in [3.05, 3.63) is 65.6 Å². The van der Waals surface area contributed by atoms with Crippen LogP contribution in [0.2, 0.25) is 0 Å². The molecule has 3 atom stereocenters. The summed E-state index contributed by atoms with van der Waals surface area (Å²) in [5.41, 5.74) is 7.52. The van der Waals surface area contributed by atoms with Crippen molar-refractivity contribution < 1.29 is 27.8 Å². The number of methoxy groups -OCH3 is 1. The highest BCUT2D eigenvalue weighted by Crippen LogP contribution is 2.35. The molecular formula is C28H32F3N3O3S. The number of aliphatic carboxylic acids is 1. The first-order valence-corrected chi connectivity index (χ1v) is 13.6. The van der Waals surface area contributed by atoms with Crippen molar-refractivity contribution in [1.82, 2.24) is 9.88 Å². The Kier molecular flexibility index (Phi) is 9.51. The molecule has 1 fully saturated rings. The molecule has 0 amide bonds. The van der Waals surface area contributed by atoms with E-state index in [1.165, 1.54) is 30.1 Å². The molecule has 3 unspecified atom stereocenters. The van der Waals surface area contributed by atoms with Crippen LogP contribution < -0.4 is 10.5 Å². The Morgan fingerprint density at radius 1 is 1.21 bits per heavy atom. The molecule has 3 aromatic rings. The molecule has 0 aliphatic carbocycles. The molecule has 1 aliphatic heterocycles. The molecule has 0 radical (unpaired) electrons. The van der Waals surface area contributed by atoms with Crippen LogP contribution in [0, 0.1) is 29.3 Å². The lowest BCUT2D eigenvalue weighted by Gasteiger charge is -2.38. The van der Waals surface area contributed by atoms with Crippen LogP contribution in [0.15, 0.2) is 47.5 Å². The van der Waals surface area contributed by atoms with Crippen LogP contribution in [0.5, 0.6) is 5.75 Å². The number of nitrogens with zero attached hydrogens (tertiary/aromatic N) is 2. The number of halogens is 3. The molecule has 204 valence electrons. The second-order valence-electron chi connectivity index (χ2n) is 9.75. The van der Waals surface area contributed by atoms with Crippen molar-refractivity contribution >= 4 is 28.6 Å². The Labute approximate surface area is 224 Å². The zero-order valence-corrected chi connectivity index (χ0v) is 22.0. The smallest absolute Gasteiger partial charge is 0.303 e. The standard InChI is InChI=1S/C28H32F3N3O3S/c1-37-21-3-5-26-23(14-21)28(24(31)15-33-26)25(32)4-2-17-6-7-34(16-18(17)10-27(35)36)8-9-38-22-12-19(29)11-20(30)13-22/h3,5,11-15,17-18,25H,2,4,6-10,16,32H2,1H3,(H,35,36). The van der Waals surface area contributed by atoms with Crippen LogP contribution in [-0.2, 0) is 4.79 Å². The SMILES string of the molecule is COc1ccc2ncc(F)c(C(N)CCC3CCN(CCSc4cc(F)cc(F)c4)CC3CC(=O)O)c2c1. The fourth-order valence-corrected chi connectivity index (χ4v) is 6.29. The molecule has 1 saturated heterocycles. The first-order valence-electron chi connectivity index (χ1n) is 12.6. The van der Waals surface area contributed by atoms with Crippen LogP contribution in [0.3, 0.4) is 0 Å². The molecule has 38 heavy (non-hydrogen) atoms. The highest BCUT2D eigenvalue weighted by Gasteiger charge is 2.31. The number of nitrogens with two attached hydrogens (primary N) is 1. The summed E-state index contributed by atoms with van der Waals surface area (Å²) in [4.78, 5) is 18.5. The molecule has 6 nitrogen and oxygen atoms in total. The third-order valence-corrected chi connectivity index (χ3v) is 8.17. The largest absolute Gasteiger partial charge is 0.497 e. The van der Waals surface area contributed by atoms with Crippen LogP contribution in [0.4, 0.5) is 13.2 Å². The van der Waals surface area contributed by atoms with E-state index in [1.807, 2.05) is 0 Å². The van der Waals surface area contributed by atoms with E-state index in [2.05, 4.69) is 9.88 Å². The molecule has 1 aliphatic rings. The summed E-state index contributed by atoms with van der Waals surface area (Å²) in [6, 6.07) is 8.16. The number of carboxylic acid groups (broad SMARTS) is 1. The predicted molar refractivity (Wildman–Crippen MR) is 142 cm³/mol. The maximum absolute atomic E-state index is 14.8. The van der Waals surface area contributed by atoms with Crippen molar-refractivity contribution in [3.63, 3.8) is 0 Å². The number of aromatic nitrogens is 1. The van der Waals surface area contributed by atoms with Gasteiger partial charge in [-0.2, -0.15) is 0 Å². The van der Waals surface area contributed by atoms with Gasteiger partial charge in [0.1, 0.15) is 23.2 Å². The summed E-state index contributed by atoms with van der Waals surface area (Å²) in [5, 5.41) is 10.1. The van der Waals surface area contributed by atoms with E-state index in [9.17, 15) is 23.1 Å². The van der Waals surface area contributed by atoms with Gasteiger partial charge in [-0.25, -0.2) is 13.2 Å². The summed E-state index contributed by atoms with van der Waals surface area (Å²) in [5.74, 6) is -1.23. The molecule has 0 bridgehead atoms. The van der Waals surface area contributed by atoms with Crippen molar-refractivity contribution in [1.29, 1.82) is 0 Å². The minimum Gasteiger partial charge on any atom is -0.497 e. The first kappa shape index (κ1) is 28.2. The zero-order chi connectivity index (χ0) is 27.2. The quantitative estimate of drug-likeness (QED) is 0.300. The molecule has 1 aromatic heterocycles. The highest BCUT2D eigenvalue weighted by molar-refractivity contribution is 7.99. The Hall–Kier alpha value is -2.82. The predicted octanol–water partition coefficient (Wildman–Crippen LogP) is 5.65. The van der Waals surface area contributed by atoms with E-state index in [0.29, 0.717) is 58.8 Å². The van der Waals surface area contributed by atoms with E-state index in [-0.39, 0.29) is 18.3 Å². The molecule has 0 saturated carbocycles. The highest BCUT2D eigenvalue weighted by atomic mass is 32.2. The topological polar surface area (TPSA) is 88.7 Å². The van der Waals surface area contributed by atoms with E-state index < -0.39 is 29.5 Å². The van der Waals surface area contributed by atoms with Gasteiger partial charge in [0.05, 0.1) is 18.8 Å². The van der Waals surface area contributed by atoms with Gasteiger partial charge in [-0.05, 0) is 68.0 Å². The van der Waals surface area contributed by atoms with Crippen LogP contribution >= 0.6 is 11.8 Å². The van der Waals surface area contributed by atoms with Crippen LogP contribution in [0.1, 0.15) is 37.3 Å². The van der Waals surface area contributed by atoms with E-state index in [1.54, 1.807) is 25.3 Å². The number of pyridine rings is 1. The van der Waals surface area contributed by atoms with Gasteiger partial charge in [0.25, 0.3) is 0 Å². The van der Waals surface area contributed by atoms with E-state index in [0.717, 1.165) is 19.0 Å². The van der Waals surface area contributed by atoms with Gasteiger partial charge in [0, 0.05) is 53.2 Å². The molecule has 0 spiro atoms. The Morgan fingerprint density at radius 3 is 2.68 bits per heavy atom. The fourth-order valence-electron chi connectivity index (χ4n) is 5.31. The summed E-state index contributed by atoms with van der Waals surface area (Å²) in [6.07, 6.45) is 3.22. The Balaban J connectivity index is 1.37. The monoisotopic (exact) mass is 547 g/mol. The van der Waals surface area contributed by atoms with Gasteiger partial charge in [-0.15, -0.1) is 11.8 Å². The molecule has 10 heteroatoms. The minimum atomic E-state index is -0.853. The number of rotatable bonds is 11. The average molecular weight is 548 g/mol. The van der Waals surface area contributed by atoms with Gasteiger partial charge in [0.2, 0.25) is 0 Å². The van der Waals surface area contributed by atoms with E-state index >= 15 is 0 Å². The number of carboxylic acids is 1. The lowest BCUT2D eigenvalue weighted by atomic mass is 9.79. The molecule has 3 N–H and O–H groups in total. The summed E-state index contributed by atoms with van der Waals surface area (Å²) < 4.78 is 47.0. The summed E-state index contributed by atoms with van der Waals surface area (Å²) in [6.45, 7) is 2.09. The number of thioether (sulfide) groups is 1. The van der Waals surface area contributed by atoms with Crippen molar-refractivity contribution in [2.24, 2.45) is 17.6 Å². The summed E-state index contributed by atoms with van der Waals surface area (Å²) in [7, 11) is 1.54. The van der Waals surface area contributed by atoms with Gasteiger partial charge < -0.3 is 20.5 Å². The number of fused-ring (bicyclic) bond motifs is 1. The third kappa shape index (κ3) is 7.18. The number of ether oxygens (including phenoxy) is 1. The van der Waals surface area contributed by atoms with Crippen molar-refractivity contribution in [3.8, 4) is 5.75 Å². The zero-order valence-electron chi connectivity index (χ0n) is 21.2. The minimum absolute atomic E-state index is 0.0441. The summed E-state index contributed by atoms with van der Waals surface area (Å²) >= 11 is 1.37. The number of hydrogen-bond donors (Lipinski definition) is 2. The Bertz CT molecular complexity index is 1260. The third-order valence-electron chi connectivity index (χ3n) is 7.21. The molecule has 2 heterocycles. The van der Waals surface area contributed by atoms with Gasteiger partial charge in [-0.3, -0.25) is 9.78 Å². The lowest BCUT2D eigenvalue weighted by molar-refractivity contribution is -0.139. The van der Waals surface area contributed by atoms with Gasteiger partial charge >= 0.3 is 5.97 Å². The molecule has 2 aromatic carbocycles. The second-order valence-corrected chi connectivity index (χ2v) is 10.9. The lowest BCUT2D eigenvalue weighted by Crippen LogP contribution is -2.42. The maximum atomic E-state index is 14.8.